The number of aryl methyl sites for hydroxylation is 1. The maximum atomic E-state index is 10.5. The number of aromatic hydroxyl groups is 1. The molecule has 0 aliphatic carbocycles. The number of carboxylic acid groups (broad SMARTS) is 2. The van der Waals surface area contributed by atoms with E-state index in [9.17, 15) is 24.3 Å². The molecule has 0 aliphatic rings. The van der Waals surface area contributed by atoms with Gasteiger partial charge < -0.3 is 20.4 Å². The topological polar surface area (TPSA) is 162 Å². The van der Waals surface area contributed by atoms with Gasteiger partial charge in [0.25, 0.3) is 0 Å². The van der Waals surface area contributed by atoms with E-state index in [1.54, 1.807) is 6.92 Å². The molecule has 9 heteroatoms. The van der Waals surface area contributed by atoms with Gasteiger partial charge >= 0.3 is 11.9 Å². The summed E-state index contributed by atoms with van der Waals surface area (Å²) < 4.78 is 0. The van der Waals surface area contributed by atoms with Crippen molar-refractivity contribution in [3.8, 4) is 5.75 Å². The molecule has 120 valence electrons. The average molecular weight is 313 g/mol. The van der Waals surface area contributed by atoms with Gasteiger partial charge in [0.1, 0.15) is 5.75 Å². The van der Waals surface area contributed by atoms with Crippen LogP contribution < -0.4 is 0 Å². The first-order valence-corrected chi connectivity index (χ1v) is 5.95. The zero-order valence-corrected chi connectivity index (χ0v) is 11.6. The minimum Gasteiger partial charge on any atom is -0.505 e. The lowest BCUT2D eigenvalue weighted by atomic mass is 10.1. The predicted octanol–water partition coefficient (Wildman–Crippen LogP) is -0.0947. The second-order valence-corrected chi connectivity index (χ2v) is 4.03. The number of rotatable bonds is 6. The quantitative estimate of drug-likeness (QED) is 0.415. The lowest BCUT2D eigenvalue weighted by Gasteiger charge is -2.04. The molecule has 1 rings (SSSR count). The van der Waals surface area contributed by atoms with Crippen LogP contribution in [0.5, 0.6) is 5.75 Å². The number of aliphatic hydroxyl groups excluding tert-OH is 1. The molecule has 0 unspecified atom stereocenters. The molecule has 1 aromatic rings. The minimum atomic E-state index is -1.58. The fourth-order valence-corrected chi connectivity index (χ4v) is 1.24. The number of carbonyl (C=O) groups excluding carboxylic acids is 2. The van der Waals surface area contributed by atoms with Crippen LogP contribution in [0.4, 0.5) is 0 Å². The third-order valence-corrected chi connectivity index (χ3v) is 2.45. The van der Waals surface area contributed by atoms with E-state index in [0.29, 0.717) is 17.5 Å². The van der Waals surface area contributed by atoms with Crippen molar-refractivity contribution in [1.29, 1.82) is 0 Å². The van der Waals surface area contributed by atoms with Crippen LogP contribution >= 0.6 is 0 Å². The standard InChI is InChI=1S/C8H9NO3.C5H6O5/c1-5-8(12)7(4-11)6(3-10)2-9-5;6-3(5(9)10)1-2-4(7)8/h2,4,10,12H,3H2,1H3;1-2H2,(H,7,8)(H,9,10). The maximum absolute atomic E-state index is 10.5. The van der Waals surface area contributed by atoms with Crippen molar-refractivity contribution in [3.05, 3.63) is 23.0 Å². The highest BCUT2D eigenvalue weighted by Crippen LogP contribution is 2.21. The Morgan fingerprint density at radius 3 is 2.23 bits per heavy atom. The monoisotopic (exact) mass is 313 g/mol. The van der Waals surface area contributed by atoms with Gasteiger partial charge in [-0.05, 0) is 6.92 Å². The Labute approximate surface area is 124 Å². The van der Waals surface area contributed by atoms with Crippen molar-refractivity contribution in [2.24, 2.45) is 0 Å². The first-order chi connectivity index (χ1) is 10.2. The molecular formula is C13H15NO8. The number of nitrogens with zero attached hydrogens (tertiary/aromatic N) is 1. The molecule has 22 heavy (non-hydrogen) atoms. The molecule has 1 aromatic heterocycles. The van der Waals surface area contributed by atoms with Gasteiger partial charge in [-0.15, -0.1) is 0 Å². The van der Waals surface area contributed by atoms with Gasteiger partial charge in [0.05, 0.1) is 24.3 Å². The first-order valence-electron chi connectivity index (χ1n) is 5.95. The van der Waals surface area contributed by atoms with Crippen LogP contribution in [-0.2, 0) is 21.0 Å². The fraction of sp³-hybridized carbons (Fsp3) is 0.308. The molecule has 0 aromatic carbocycles. The van der Waals surface area contributed by atoms with Crippen molar-refractivity contribution >= 4 is 24.0 Å². The minimum absolute atomic E-state index is 0.116. The lowest BCUT2D eigenvalue weighted by molar-refractivity contribution is -0.149. The summed E-state index contributed by atoms with van der Waals surface area (Å²) in [5.74, 6) is -3.98. The number of hydrogen-bond acceptors (Lipinski definition) is 7. The molecule has 0 aliphatic heterocycles. The normalized spacial score (nSPS) is 9.36. The molecule has 0 radical (unpaired) electrons. The Kier molecular flexibility index (Phi) is 8.01. The van der Waals surface area contributed by atoms with E-state index in [1.165, 1.54) is 6.20 Å². The molecule has 0 amide bonds. The number of ketones is 1. The Morgan fingerprint density at radius 2 is 1.82 bits per heavy atom. The summed E-state index contributed by atoms with van der Waals surface area (Å²) in [6.45, 7) is 1.29. The number of carboxylic acids is 2. The number of aldehydes is 1. The van der Waals surface area contributed by atoms with Gasteiger partial charge in [-0.3, -0.25) is 19.4 Å². The third-order valence-electron chi connectivity index (χ3n) is 2.45. The number of Topliss-reactive ketones (excluding diaryl/α,β-unsaturated/α-hetero) is 1. The summed E-state index contributed by atoms with van der Waals surface area (Å²) in [6.07, 6.45) is 1.02. The van der Waals surface area contributed by atoms with Crippen LogP contribution in [0, 0.1) is 6.92 Å². The van der Waals surface area contributed by atoms with E-state index in [1.807, 2.05) is 0 Å². The second kappa shape index (κ2) is 9.19. The van der Waals surface area contributed by atoms with Gasteiger partial charge in [0.15, 0.2) is 6.29 Å². The van der Waals surface area contributed by atoms with Crippen molar-refractivity contribution in [2.45, 2.75) is 26.4 Å². The summed E-state index contributed by atoms with van der Waals surface area (Å²) in [5, 5.41) is 34.0. The number of carbonyl (C=O) groups is 4. The highest BCUT2D eigenvalue weighted by molar-refractivity contribution is 6.32. The number of aliphatic carboxylic acids is 2. The lowest BCUT2D eigenvalue weighted by Crippen LogP contribution is -2.13. The van der Waals surface area contributed by atoms with Crippen LogP contribution in [0.1, 0.15) is 34.5 Å². The average Bonchev–Trinajstić information content (AvgIpc) is 2.47. The number of pyridine rings is 1. The molecule has 0 fully saturated rings. The SMILES string of the molecule is Cc1ncc(CO)c(C=O)c1O.O=C(O)CCC(=O)C(=O)O. The molecule has 9 nitrogen and oxygen atoms in total. The Bertz CT molecular complexity index is 582. The number of hydrogen-bond donors (Lipinski definition) is 4. The summed E-state index contributed by atoms with van der Waals surface area (Å²) in [5.41, 5.74) is 0.840. The Hall–Kier alpha value is -2.81. The van der Waals surface area contributed by atoms with Crippen molar-refractivity contribution in [1.82, 2.24) is 4.98 Å². The van der Waals surface area contributed by atoms with Gasteiger partial charge in [-0.25, -0.2) is 4.79 Å². The zero-order chi connectivity index (χ0) is 17.3. The van der Waals surface area contributed by atoms with Gasteiger partial charge in [0, 0.05) is 18.2 Å². The van der Waals surface area contributed by atoms with Gasteiger partial charge in [0.2, 0.25) is 5.78 Å². The molecule has 0 spiro atoms. The van der Waals surface area contributed by atoms with E-state index in [-0.39, 0.29) is 17.9 Å². The van der Waals surface area contributed by atoms with Crippen molar-refractivity contribution in [3.63, 3.8) is 0 Å². The van der Waals surface area contributed by atoms with Crippen LogP contribution in [0.3, 0.4) is 0 Å². The summed E-state index contributed by atoms with van der Waals surface area (Å²) in [4.78, 5) is 44.0. The highest BCUT2D eigenvalue weighted by atomic mass is 16.4. The first kappa shape index (κ1) is 19.2. The highest BCUT2D eigenvalue weighted by Gasteiger charge is 2.12. The molecule has 4 N–H and O–H groups in total. The fourth-order valence-electron chi connectivity index (χ4n) is 1.24. The van der Waals surface area contributed by atoms with E-state index < -0.39 is 30.6 Å². The van der Waals surface area contributed by atoms with E-state index in [4.69, 9.17) is 15.3 Å². The van der Waals surface area contributed by atoms with Crippen LogP contribution in [0.2, 0.25) is 0 Å². The van der Waals surface area contributed by atoms with Gasteiger partial charge in [-0.1, -0.05) is 0 Å². The largest absolute Gasteiger partial charge is 0.505 e. The number of aromatic nitrogens is 1. The van der Waals surface area contributed by atoms with Crippen LogP contribution in [0.25, 0.3) is 0 Å². The Morgan fingerprint density at radius 1 is 1.23 bits per heavy atom. The smallest absolute Gasteiger partial charge is 0.372 e. The summed E-state index contributed by atoms with van der Waals surface area (Å²) in [6, 6.07) is 0. The van der Waals surface area contributed by atoms with Crippen molar-refractivity contribution < 1.29 is 39.6 Å². The molecular weight excluding hydrogens is 298 g/mol. The Balaban J connectivity index is 0.000000409. The third kappa shape index (κ3) is 6.09. The van der Waals surface area contributed by atoms with E-state index >= 15 is 0 Å². The maximum Gasteiger partial charge on any atom is 0.372 e. The van der Waals surface area contributed by atoms with E-state index in [0.717, 1.165) is 0 Å². The van der Waals surface area contributed by atoms with E-state index in [2.05, 4.69) is 4.98 Å². The molecule has 0 bridgehead atoms. The van der Waals surface area contributed by atoms with Gasteiger partial charge in [-0.2, -0.15) is 0 Å². The van der Waals surface area contributed by atoms with Crippen molar-refractivity contribution in [2.75, 3.05) is 0 Å². The predicted molar refractivity (Wildman–Crippen MR) is 71.5 cm³/mol. The number of aliphatic hydroxyl groups is 1. The second-order valence-electron chi connectivity index (χ2n) is 4.03. The molecule has 0 atom stereocenters. The molecule has 0 saturated heterocycles. The van der Waals surface area contributed by atoms with Crippen LogP contribution in [0.15, 0.2) is 6.20 Å². The summed E-state index contributed by atoms with van der Waals surface area (Å²) in [7, 11) is 0. The molecule has 0 saturated carbocycles. The summed E-state index contributed by atoms with van der Waals surface area (Å²) >= 11 is 0. The zero-order valence-electron chi connectivity index (χ0n) is 11.6. The van der Waals surface area contributed by atoms with Crippen LogP contribution in [-0.4, -0.2) is 49.4 Å². The molecule has 1 heterocycles.